The van der Waals surface area contributed by atoms with Crippen LogP contribution in [0.4, 0.5) is 34.1 Å². The zero-order chi connectivity index (χ0) is 28.2. The number of nitrogens with zero attached hydrogens (tertiary/aromatic N) is 6. The van der Waals surface area contributed by atoms with Crippen molar-refractivity contribution >= 4 is 34.1 Å². The van der Waals surface area contributed by atoms with Crippen LogP contribution in [-0.2, 0) is 0 Å². The molecule has 0 aliphatic rings. The van der Waals surface area contributed by atoms with Crippen LogP contribution in [0.25, 0.3) is 0 Å². The fourth-order valence-electron chi connectivity index (χ4n) is 3.32. The highest BCUT2D eigenvalue weighted by Gasteiger charge is 2.04. The van der Waals surface area contributed by atoms with Gasteiger partial charge >= 0.3 is 0 Å². The molecule has 4 aromatic rings. The van der Waals surface area contributed by atoms with Crippen molar-refractivity contribution in [2.75, 3.05) is 13.2 Å². The van der Waals surface area contributed by atoms with Crippen molar-refractivity contribution in [3.05, 3.63) is 117 Å². The molecular weight excluding hydrogens is 516 g/mol. The lowest BCUT2D eigenvalue weighted by molar-refractivity contribution is -0.385. The second kappa shape index (κ2) is 13.9. The minimum absolute atomic E-state index is 0.00384. The molecule has 12 heteroatoms. The summed E-state index contributed by atoms with van der Waals surface area (Å²) in [7, 11) is 0. The Bertz CT molecular complexity index is 1360. The normalized spacial score (nSPS) is 11.1. The Hall–Kier alpha value is -5.52. The molecule has 4 aromatic carbocycles. The fraction of sp³-hybridized carbons (Fsp3) is 0.143. The first-order chi connectivity index (χ1) is 19.5. The van der Waals surface area contributed by atoms with Gasteiger partial charge in [0, 0.05) is 24.3 Å². The Labute approximate surface area is 228 Å². The summed E-state index contributed by atoms with van der Waals surface area (Å²) in [6.45, 7) is 1.07. The van der Waals surface area contributed by atoms with Gasteiger partial charge in [0.15, 0.2) is 0 Å². The van der Waals surface area contributed by atoms with Gasteiger partial charge in [0.25, 0.3) is 11.4 Å². The smallest absolute Gasteiger partial charge is 0.269 e. The van der Waals surface area contributed by atoms with Crippen molar-refractivity contribution in [1.29, 1.82) is 0 Å². The van der Waals surface area contributed by atoms with Gasteiger partial charge in [-0.25, -0.2) is 0 Å². The first-order valence-electron chi connectivity index (χ1n) is 12.2. The number of hydrogen-bond acceptors (Lipinski definition) is 10. The summed E-state index contributed by atoms with van der Waals surface area (Å²) in [5.41, 5.74) is 2.33. The quantitative estimate of drug-likeness (QED) is 0.0716. The molecule has 0 heterocycles. The molecule has 0 atom stereocenters. The van der Waals surface area contributed by atoms with Crippen molar-refractivity contribution in [2.24, 2.45) is 20.5 Å². The van der Waals surface area contributed by atoms with E-state index in [2.05, 4.69) is 20.5 Å². The molecule has 4 rings (SSSR count). The third-order valence-electron chi connectivity index (χ3n) is 5.43. The first-order valence-corrected chi connectivity index (χ1v) is 12.2. The fourth-order valence-corrected chi connectivity index (χ4v) is 3.32. The average molecular weight is 541 g/mol. The van der Waals surface area contributed by atoms with Gasteiger partial charge in [-0.3, -0.25) is 20.2 Å². The van der Waals surface area contributed by atoms with Crippen molar-refractivity contribution in [1.82, 2.24) is 0 Å². The number of nitro groups is 2. The minimum atomic E-state index is -0.463. The van der Waals surface area contributed by atoms with Crippen LogP contribution in [0, 0.1) is 20.2 Å². The monoisotopic (exact) mass is 540 g/mol. The van der Waals surface area contributed by atoms with E-state index in [1.54, 1.807) is 48.5 Å². The lowest BCUT2D eigenvalue weighted by Gasteiger charge is -2.08. The van der Waals surface area contributed by atoms with Gasteiger partial charge in [-0.05, 0) is 85.6 Å². The van der Waals surface area contributed by atoms with E-state index in [0.717, 1.165) is 12.8 Å². The van der Waals surface area contributed by atoms with E-state index in [1.807, 2.05) is 0 Å². The molecule has 0 N–H and O–H groups in total. The van der Waals surface area contributed by atoms with Crippen LogP contribution < -0.4 is 9.47 Å². The predicted octanol–water partition coefficient (Wildman–Crippen LogP) is 8.57. The number of azo groups is 2. The Morgan fingerprint density at radius 3 is 1.02 bits per heavy atom. The molecular formula is C28H24N6O6. The third kappa shape index (κ3) is 8.52. The molecule has 0 aromatic heterocycles. The van der Waals surface area contributed by atoms with Crippen LogP contribution in [0.3, 0.4) is 0 Å². The lowest BCUT2D eigenvalue weighted by atomic mass is 10.3. The van der Waals surface area contributed by atoms with Gasteiger partial charge in [-0.15, -0.1) is 0 Å². The SMILES string of the molecule is O=[N+]([O-])c1ccc(N=Nc2ccc(OCCCCOc3ccc(N=Nc4ccc([N+](=O)[O-])cc4)cc3)cc2)cc1. The van der Waals surface area contributed by atoms with Crippen LogP contribution in [0.5, 0.6) is 11.5 Å². The molecule has 0 bridgehead atoms. The second-order valence-corrected chi connectivity index (χ2v) is 8.34. The minimum Gasteiger partial charge on any atom is -0.494 e. The van der Waals surface area contributed by atoms with E-state index in [1.165, 1.54) is 48.5 Å². The van der Waals surface area contributed by atoms with E-state index in [-0.39, 0.29) is 11.4 Å². The summed E-state index contributed by atoms with van der Waals surface area (Å²) in [4.78, 5) is 20.5. The number of nitro benzene ring substituents is 2. The van der Waals surface area contributed by atoms with Crippen LogP contribution in [0.2, 0.25) is 0 Å². The van der Waals surface area contributed by atoms with Gasteiger partial charge in [-0.2, -0.15) is 20.5 Å². The summed E-state index contributed by atoms with van der Waals surface area (Å²) < 4.78 is 11.5. The first kappa shape index (κ1) is 27.5. The molecule has 0 spiro atoms. The number of ether oxygens (including phenoxy) is 2. The molecule has 0 amide bonds. The summed E-state index contributed by atoms with van der Waals surface area (Å²) in [6, 6.07) is 26.0. The van der Waals surface area contributed by atoms with Gasteiger partial charge in [0.05, 0.1) is 45.8 Å². The summed E-state index contributed by atoms with van der Waals surface area (Å²) in [6.07, 6.45) is 1.62. The van der Waals surface area contributed by atoms with E-state index < -0.39 is 9.85 Å². The highest BCUT2D eigenvalue weighted by molar-refractivity contribution is 5.47. The second-order valence-electron chi connectivity index (χ2n) is 8.34. The zero-order valence-corrected chi connectivity index (χ0v) is 21.2. The maximum atomic E-state index is 10.7. The molecule has 0 unspecified atom stereocenters. The molecule has 0 aliphatic heterocycles. The molecule has 0 fully saturated rings. The molecule has 0 saturated heterocycles. The van der Waals surface area contributed by atoms with E-state index in [4.69, 9.17) is 9.47 Å². The molecule has 0 radical (unpaired) electrons. The molecule has 0 saturated carbocycles. The summed E-state index contributed by atoms with van der Waals surface area (Å²) >= 11 is 0. The average Bonchev–Trinajstić information content (AvgIpc) is 2.98. The zero-order valence-electron chi connectivity index (χ0n) is 21.2. The highest BCUT2D eigenvalue weighted by Crippen LogP contribution is 2.24. The van der Waals surface area contributed by atoms with E-state index in [9.17, 15) is 20.2 Å². The summed E-state index contributed by atoms with van der Waals surface area (Å²) in [5, 5.41) is 37.8. The van der Waals surface area contributed by atoms with Crippen LogP contribution in [0.15, 0.2) is 118 Å². The van der Waals surface area contributed by atoms with Crippen molar-refractivity contribution < 1.29 is 19.3 Å². The van der Waals surface area contributed by atoms with Crippen LogP contribution in [-0.4, -0.2) is 23.1 Å². The number of benzene rings is 4. The Morgan fingerprint density at radius 1 is 0.475 bits per heavy atom. The Morgan fingerprint density at radius 2 is 0.750 bits per heavy atom. The number of unbranched alkanes of at least 4 members (excludes halogenated alkanes) is 1. The maximum Gasteiger partial charge on any atom is 0.269 e. The van der Waals surface area contributed by atoms with Gasteiger partial charge in [-0.1, -0.05) is 0 Å². The van der Waals surface area contributed by atoms with Gasteiger partial charge in [0.2, 0.25) is 0 Å². The van der Waals surface area contributed by atoms with Crippen molar-refractivity contribution in [2.45, 2.75) is 12.8 Å². The highest BCUT2D eigenvalue weighted by atomic mass is 16.6. The number of rotatable bonds is 13. The van der Waals surface area contributed by atoms with Crippen molar-refractivity contribution in [3.63, 3.8) is 0 Å². The predicted molar refractivity (Wildman–Crippen MR) is 148 cm³/mol. The molecule has 202 valence electrons. The summed E-state index contributed by atoms with van der Waals surface area (Å²) in [5.74, 6) is 1.43. The molecule has 0 aliphatic carbocycles. The topological polar surface area (TPSA) is 154 Å². The van der Waals surface area contributed by atoms with Crippen LogP contribution >= 0.6 is 0 Å². The van der Waals surface area contributed by atoms with Gasteiger partial charge in [0.1, 0.15) is 11.5 Å². The molecule has 12 nitrogen and oxygen atoms in total. The van der Waals surface area contributed by atoms with E-state index in [0.29, 0.717) is 47.5 Å². The van der Waals surface area contributed by atoms with Gasteiger partial charge < -0.3 is 9.47 Å². The van der Waals surface area contributed by atoms with Crippen molar-refractivity contribution in [3.8, 4) is 11.5 Å². The largest absolute Gasteiger partial charge is 0.494 e. The van der Waals surface area contributed by atoms with E-state index >= 15 is 0 Å². The standard InChI is InChI=1S/C28H24N6O6/c35-33(36)25-11-3-21(4-12-25)29-31-23-7-15-27(16-8-23)39-19-1-2-20-40-28-17-9-24(10-18-28)32-30-22-5-13-26(14-6-22)34(37)38/h3-18H,1-2,19-20H2. The molecule has 40 heavy (non-hydrogen) atoms. The van der Waals surface area contributed by atoms with Crippen LogP contribution in [0.1, 0.15) is 12.8 Å². The maximum absolute atomic E-state index is 10.7. The lowest BCUT2D eigenvalue weighted by Crippen LogP contribution is -2.02. The number of hydrogen-bond donors (Lipinski definition) is 0. The Balaban J connectivity index is 1.12. The Kier molecular flexibility index (Phi) is 9.53. The third-order valence-corrected chi connectivity index (χ3v) is 5.43. The number of non-ortho nitro benzene ring substituents is 2.